The molecule has 0 unspecified atom stereocenters. The lowest BCUT2D eigenvalue weighted by Crippen LogP contribution is -2.29. The molecular formula is C63H43NO. The van der Waals surface area contributed by atoms with Crippen molar-refractivity contribution in [1.29, 1.82) is 0 Å². The predicted molar refractivity (Wildman–Crippen MR) is 270 cm³/mol. The third-order valence-electron chi connectivity index (χ3n) is 14.2. The second-order valence-electron chi connectivity index (χ2n) is 17.6. The van der Waals surface area contributed by atoms with Gasteiger partial charge in [0.2, 0.25) is 0 Å². The van der Waals surface area contributed by atoms with E-state index in [0.717, 1.165) is 44.6 Å². The van der Waals surface area contributed by atoms with Crippen LogP contribution < -0.4 is 4.90 Å². The van der Waals surface area contributed by atoms with E-state index in [1.54, 1.807) is 0 Å². The highest BCUT2D eigenvalue weighted by Gasteiger charge is 2.50. The number of nitrogens with zero attached hydrogens (tertiary/aromatic N) is 1. The number of anilines is 3. The van der Waals surface area contributed by atoms with E-state index in [-0.39, 0.29) is 0 Å². The molecule has 11 aromatic rings. The third-order valence-corrected chi connectivity index (χ3v) is 14.2. The summed E-state index contributed by atoms with van der Waals surface area (Å²) in [6.45, 7) is 4.43. The van der Waals surface area contributed by atoms with E-state index >= 15 is 0 Å². The number of rotatable bonds is 5. The van der Waals surface area contributed by atoms with Gasteiger partial charge in [0.15, 0.2) is 5.58 Å². The zero-order valence-corrected chi connectivity index (χ0v) is 36.2. The first-order chi connectivity index (χ1) is 32.1. The molecule has 2 nitrogen and oxygen atoms in total. The number of aryl methyl sites for hydroxylation is 2. The number of furan rings is 1. The highest BCUT2D eigenvalue weighted by molar-refractivity contribution is 6.11. The summed E-state index contributed by atoms with van der Waals surface area (Å²) in [6.07, 6.45) is 0. The zero-order valence-electron chi connectivity index (χ0n) is 36.2. The van der Waals surface area contributed by atoms with E-state index in [9.17, 15) is 0 Å². The molecule has 306 valence electrons. The average Bonchev–Trinajstić information content (AvgIpc) is 3.86. The van der Waals surface area contributed by atoms with Gasteiger partial charge in [0.1, 0.15) is 5.58 Å². The van der Waals surface area contributed by atoms with E-state index in [2.05, 4.69) is 243 Å². The van der Waals surface area contributed by atoms with Gasteiger partial charge in [-0.25, -0.2) is 0 Å². The Balaban J connectivity index is 1.10. The zero-order chi connectivity index (χ0) is 43.2. The number of hydrogen-bond acceptors (Lipinski definition) is 2. The van der Waals surface area contributed by atoms with Crippen molar-refractivity contribution in [1.82, 2.24) is 0 Å². The van der Waals surface area contributed by atoms with Crippen molar-refractivity contribution in [3.63, 3.8) is 0 Å². The van der Waals surface area contributed by atoms with Crippen LogP contribution in [-0.2, 0) is 5.41 Å². The van der Waals surface area contributed by atoms with Gasteiger partial charge in [-0.15, -0.1) is 0 Å². The molecule has 1 spiro atoms. The van der Waals surface area contributed by atoms with Gasteiger partial charge < -0.3 is 9.32 Å². The summed E-state index contributed by atoms with van der Waals surface area (Å²) in [5.41, 5.74) is 24.3. The molecule has 65 heavy (non-hydrogen) atoms. The molecule has 1 aromatic heterocycles. The second kappa shape index (κ2) is 14.4. The van der Waals surface area contributed by atoms with Crippen LogP contribution in [-0.4, -0.2) is 0 Å². The van der Waals surface area contributed by atoms with Crippen LogP contribution >= 0.6 is 0 Å². The first kappa shape index (κ1) is 37.4. The van der Waals surface area contributed by atoms with Gasteiger partial charge in [-0.1, -0.05) is 194 Å². The molecule has 0 radical (unpaired) electrons. The molecule has 0 N–H and O–H groups in total. The average molecular weight is 830 g/mol. The quantitative estimate of drug-likeness (QED) is 0.172. The summed E-state index contributed by atoms with van der Waals surface area (Å²) in [5, 5.41) is 2.20. The van der Waals surface area contributed by atoms with Crippen LogP contribution in [0.5, 0.6) is 0 Å². The minimum Gasteiger partial charge on any atom is -0.454 e. The van der Waals surface area contributed by atoms with Crippen LogP contribution in [0.25, 0.3) is 77.6 Å². The SMILES string of the molecule is Cc1ccccc1-c1ccc(N(c2ccccc2-c2cccc3c2-c2ccccc2C32c3ccccc3-c3ccccc3-c3ccccc32)c2cccc3c2oc2ccccc23)cc1C. The molecule has 0 aliphatic heterocycles. The molecule has 13 rings (SSSR count). The highest BCUT2D eigenvalue weighted by atomic mass is 16.3. The topological polar surface area (TPSA) is 16.4 Å². The molecular weight excluding hydrogens is 787 g/mol. The first-order valence-corrected chi connectivity index (χ1v) is 22.6. The van der Waals surface area contributed by atoms with Crippen molar-refractivity contribution in [3.05, 3.63) is 258 Å². The van der Waals surface area contributed by atoms with E-state index in [0.29, 0.717) is 0 Å². The number of fused-ring (bicyclic) bond motifs is 15. The van der Waals surface area contributed by atoms with Gasteiger partial charge in [0, 0.05) is 22.0 Å². The Morgan fingerprint density at radius 3 is 1.54 bits per heavy atom. The van der Waals surface area contributed by atoms with Crippen molar-refractivity contribution in [2.24, 2.45) is 0 Å². The molecule has 0 atom stereocenters. The Hall–Kier alpha value is -8.20. The van der Waals surface area contributed by atoms with Crippen LogP contribution in [0, 0.1) is 13.8 Å². The lowest BCUT2D eigenvalue weighted by molar-refractivity contribution is 0.669. The minimum absolute atomic E-state index is 0.578. The molecule has 2 heteroatoms. The van der Waals surface area contributed by atoms with E-state index in [1.165, 1.54) is 83.5 Å². The largest absolute Gasteiger partial charge is 0.454 e. The molecule has 0 amide bonds. The molecule has 10 aromatic carbocycles. The Morgan fingerprint density at radius 2 is 0.831 bits per heavy atom. The lowest BCUT2D eigenvalue weighted by Gasteiger charge is -2.35. The van der Waals surface area contributed by atoms with Crippen LogP contribution in [0.1, 0.15) is 33.4 Å². The van der Waals surface area contributed by atoms with Crippen molar-refractivity contribution in [2.45, 2.75) is 19.3 Å². The number of benzene rings is 10. The fourth-order valence-corrected chi connectivity index (χ4v) is 11.5. The summed E-state index contributed by atoms with van der Waals surface area (Å²) in [7, 11) is 0. The van der Waals surface area contributed by atoms with E-state index in [1.807, 2.05) is 0 Å². The van der Waals surface area contributed by atoms with Gasteiger partial charge in [0.05, 0.1) is 16.8 Å². The summed E-state index contributed by atoms with van der Waals surface area (Å²) >= 11 is 0. The van der Waals surface area contributed by atoms with Crippen molar-refractivity contribution >= 4 is 39.0 Å². The Bertz CT molecular complexity index is 3650. The molecule has 2 aliphatic carbocycles. The minimum atomic E-state index is -0.578. The fourth-order valence-electron chi connectivity index (χ4n) is 11.5. The summed E-state index contributed by atoms with van der Waals surface area (Å²) in [4.78, 5) is 2.43. The van der Waals surface area contributed by atoms with Crippen LogP contribution in [0.2, 0.25) is 0 Å². The number of hydrogen-bond donors (Lipinski definition) is 0. The van der Waals surface area contributed by atoms with E-state index in [4.69, 9.17) is 4.42 Å². The lowest BCUT2D eigenvalue weighted by atomic mass is 9.66. The fraction of sp³-hybridized carbons (Fsp3) is 0.0476. The molecule has 2 aliphatic rings. The maximum atomic E-state index is 6.85. The first-order valence-electron chi connectivity index (χ1n) is 22.6. The van der Waals surface area contributed by atoms with Gasteiger partial charge in [0.25, 0.3) is 0 Å². The summed E-state index contributed by atoms with van der Waals surface area (Å²) in [6, 6.07) is 82.8. The third kappa shape index (κ3) is 5.35. The maximum Gasteiger partial charge on any atom is 0.159 e. The second-order valence-corrected chi connectivity index (χ2v) is 17.6. The standard InChI is InChI=1S/C63H43NO/c1-40-19-3-4-20-43(40)44-38-37-42(39-41(44)2)64(59-35-18-29-52-50-26-11-16-36-60(50)65-62(52)59)58-34-15-10-25-49(58)51-28-17-33-57-61(51)53-27-9-14-32-56(53)63(57)54-30-12-7-23-47(54)45-21-5-6-22-46(45)48-24-8-13-31-55(48)63/h3-39H,1-2H3. The Labute approximate surface area is 379 Å². The highest BCUT2D eigenvalue weighted by Crippen LogP contribution is 2.63. The molecule has 1 heterocycles. The summed E-state index contributed by atoms with van der Waals surface area (Å²) in [5.74, 6) is 0. The van der Waals surface area contributed by atoms with Crippen LogP contribution in [0.3, 0.4) is 0 Å². The summed E-state index contributed by atoms with van der Waals surface area (Å²) < 4.78 is 6.85. The van der Waals surface area contributed by atoms with Crippen molar-refractivity contribution in [3.8, 4) is 55.6 Å². The molecule has 0 saturated heterocycles. The maximum absolute atomic E-state index is 6.85. The smallest absolute Gasteiger partial charge is 0.159 e. The van der Waals surface area contributed by atoms with Gasteiger partial charge in [-0.2, -0.15) is 0 Å². The van der Waals surface area contributed by atoms with Crippen LogP contribution in [0.15, 0.2) is 229 Å². The van der Waals surface area contributed by atoms with Crippen molar-refractivity contribution < 1.29 is 4.42 Å². The van der Waals surface area contributed by atoms with Gasteiger partial charge >= 0.3 is 0 Å². The Kier molecular flexibility index (Phi) is 8.29. The van der Waals surface area contributed by atoms with Gasteiger partial charge in [-0.05, 0) is 128 Å². The van der Waals surface area contributed by atoms with Gasteiger partial charge in [-0.3, -0.25) is 0 Å². The molecule has 0 fully saturated rings. The van der Waals surface area contributed by atoms with E-state index < -0.39 is 5.41 Å². The molecule has 0 saturated carbocycles. The molecule has 0 bridgehead atoms. The van der Waals surface area contributed by atoms with Crippen LogP contribution in [0.4, 0.5) is 17.1 Å². The normalized spacial score (nSPS) is 12.9. The number of para-hydroxylation sites is 3. The Morgan fingerprint density at radius 1 is 0.338 bits per heavy atom. The van der Waals surface area contributed by atoms with Crippen molar-refractivity contribution in [2.75, 3.05) is 4.90 Å². The monoisotopic (exact) mass is 829 g/mol. The predicted octanol–water partition coefficient (Wildman–Crippen LogP) is 17.0.